The number of hydrogen-bond donors (Lipinski definition) is 1. The number of hydrogen-bond acceptors (Lipinski definition) is 3. The molecule has 0 bridgehead atoms. The molecule has 1 aliphatic rings. The third kappa shape index (κ3) is 5.26. The number of morpholine rings is 1. The second-order valence-electron chi connectivity index (χ2n) is 6.73. The number of carbonyl (C=O) groups is 1. The number of nitrogens with zero attached hydrogens (tertiary/aromatic N) is 1. The molecule has 1 saturated heterocycles. The summed E-state index contributed by atoms with van der Waals surface area (Å²) in [5.74, 6) is -1.89. The Hall–Kier alpha value is -2.47. The Morgan fingerprint density at radius 3 is 2.48 bits per heavy atom. The molecule has 0 aromatic heterocycles. The minimum atomic E-state index is -0.887. The van der Waals surface area contributed by atoms with Gasteiger partial charge in [-0.25, -0.2) is 8.78 Å². The minimum absolute atomic E-state index is 0.121. The largest absolute Gasteiger partial charge is 0.378 e. The van der Waals surface area contributed by atoms with E-state index >= 15 is 0 Å². The molecule has 1 amide bonds. The molecule has 1 N–H and O–H groups in total. The van der Waals surface area contributed by atoms with Gasteiger partial charge >= 0.3 is 0 Å². The van der Waals surface area contributed by atoms with Crippen molar-refractivity contribution >= 4 is 11.6 Å². The Morgan fingerprint density at radius 1 is 1.11 bits per heavy atom. The van der Waals surface area contributed by atoms with Gasteiger partial charge in [0.2, 0.25) is 5.91 Å². The Morgan fingerprint density at radius 2 is 1.81 bits per heavy atom. The van der Waals surface area contributed by atoms with Crippen molar-refractivity contribution < 1.29 is 18.3 Å². The first-order valence-corrected chi connectivity index (χ1v) is 9.19. The van der Waals surface area contributed by atoms with Crippen molar-refractivity contribution in [2.75, 3.05) is 31.2 Å². The maximum atomic E-state index is 13.2. The van der Waals surface area contributed by atoms with Gasteiger partial charge in [-0.2, -0.15) is 0 Å². The maximum Gasteiger partial charge on any atom is 0.220 e. The number of nitrogens with one attached hydrogen (secondary N) is 1. The molecule has 0 aliphatic carbocycles. The lowest BCUT2D eigenvalue weighted by Gasteiger charge is -2.29. The second kappa shape index (κ2) is 8.95. The van der Waals surface area contributed by atoms with Gasteiger partial charge in [-0.1, -0.05) is 18.2 Å². The van der Waals surface area contributed by atoms with Crippen LogP contribution in [-0.4, -0.2) is 32.2 Å². The fourth-order valence-corrected chi connectivity index (χ4v) is 3.15. The van der Waals surface area contributed by atoms with Crippen LogP contribution in [0, 0.1) is 11.6 Å². The quantitative estimate of drug-likeness (QED) is 0.840. The fraction of sp³-hybridized carbons (Fsp3) is 0.381. The zero-order valence-electron chi connectivity index (χ0n) is 15.4. The summed E-state index contributed by atoms with van der Waals surface area (Å²) in [5, 5.41) is 2.95. The van der Waals surface area contributed by atoms with E-state index in [1.165, 1.54) is 6.07 Å². The third-order valence-electron chi connectivity index (χ3n) is 4.77. The zero-order valence-corrected chi connectivity index (χ0v) is 15.4. The van der Waals surface area contributed by atoms with Gasteiger partial charge < -0.3 is 15.0 Å². The zero-order chi connectivity index (χ0) is 19.2. The number of benzene rings is 2. The molecule has 1 aliphatic heterocycles. The van der Waals surface area contributed by atoms with Crippen LogP contribution in [0.3, 0.4) is 0 Å². The van der Waals surface area contributed by atoms with Crippen LogP contribution in [0.15, 0.2) is 42.5 Å². The van der Waals surface area contributed by atoms with Crippen LogP contribution in [-0.2, 0) is 16.0 Å². The van der Waals surface area contributed by atoms with Gasteiger partial charge in [-0.3, -0.25) is 4.79 Å². The van der Waals surface area contributed by atoms with Crippen molar-refractivity contribution in [1.29, 1.82) is 0 Å². The van der Waals surface area contributed by atoms with E-state index in [0.29, 0.717) is 12.0 Å². The van der Waals surface area contributed by atoms with Crippen molar-refractivity contribution in [3.8, 4) is 0 Å². The van der Waals surface area contributed by atoms with Gasteiger partial charge in [0.15, 0.2) is 11.6 Å². The van der Waals surface area contributed by atoms with E-state index in [9.17, 15) is 13.6 Å². The summed E-state index contributed by atoms with van der Waals surface area (Å²) in [6.45, 7) is 5.18. The summed E-state index contributed by atoms with van der Waals surface area (Å²) < 4.78 is 31.5. The summed E-state index contributed by atoms with van der Waals surface area (Å²) in [5.41, 5.74) is 2.78. The van der Waals surface area contributed by atoms with Gasteiger partial charge in [-0.05, 0) is 48.7 Å². The van der Waals surface area contributed by atoms with Crippen molar-refractivity contribution in [2.24, 2.45) is 0 Å². The predicted molar refractivity (Wildman–Crippen MR) is 101 cm³/mol. The first kappa shape index (κ1) is 19.3. The lowest BCUT2D eigenvalue weighted by Crippen LogP contribution is -2.36. The molecule has 27 heavy (non-hydrogen) atoms. The van der Waals surface area contributed by atoms with Crippen LogP contribution in [0.4, 0.5) is 14.5 Å². The van der Waals surface area contributed by atoms with Gasteiger partial charge in [-0.15, -0.1) is 0 Å². The van der Waals surface area contributed by atoms with Crippen LogP contribution in [0.2, 0.25) is 0 Å². The highest BCUT2D eigenvalue weighted by Gasteiger charge is 2.13. The lowest BCUT2D eigenvalue weighted by molar-refractivity contribution is -0.121. The van der Waals surface area contributed by atoms with E-state index in [2.05, 4.69) is 22.3 Å². The molecule has 1 unspecified atom stereocenters. The summed E-state index contributed by atoms with van der Waals surface area (Å²) in [7, 11) is 0. The summed E-state index contributed by atoms with van der Waals surface area (Å²) in [6, 6.07) is 11.8. The number of ether oxygens (including phenoxy) is 1. The van der Waals surface area contributed by atoms with Crippen LogP contribution in [0.1, 0.15) is 30.5 Å². The Balaban J connectivity index is 1.50. The summed E-state index contributed by atoms with van der Waals surface area (Å²) in [6.07, 6.45) is 0.590. The van der Waals surface area contributed by atoms with E-state index in [1.807, 2.05) is 19.1 Å². The Kier molecular flexibility index (Phi) is 6.40. The monoisotopic (exact) mass is 374 g/mol. The Labute approximate surface area is 158 Å². The smallest absolute Gasteiger partial charge is 0.220 e. The first-order chi connectivity index (χ1) is 13.0. The van der Waals surface area contributed by atoms with Gasteiger partial charge in [0.1, 0.15) is 0 Å². The molecular formula is C21H24F2N2O2. The predicted octanol–water partition coefficient (Wildman–Crippen LogP) is 3.61. The molecule has 2 aromatic carbocycles. The van der Waals surface area contributed by atoms with Crippen molar-refractivity contribution in [2.45, 2.75) is 25.8 Å². The van der Waals surface area contributed by atoms with E-state index < -0.39 is 11.6 Å². The molecule has 1 fully saturated rings. The van der Waals surface area contributed by atoms with Crippen molar-refractivity contribution in [3.05, 3.63) is 65.2 Å². The van der Waals surface area contributed by atoms with Crippen LogP contribution < -0.4 is 10.2 Å². The highest BCUT2D eigenvalue weighted by molar-refractivity contribution is 5.76. The summed E-state index contributed by atoms with van der Waals surface area (Å²) in [4.78, 5) is 14.4. The molecule has 144 valence electrons. The third-order valence-corrected chi connectivity index (χ3v) is 4.77. The lowest BCUT2D eigenvalue weighted by atomic mass is 10.1. The highest BCUT2D eigenvalue weighted by Crippen LogP contribution is 2.20. The average molecular weight is 374 g/mol. The normalized spacial score (nSPS) is 15.4. The second-order valence-corrected chi connectivity index (χ2v) is 6.73. The SMILES string of the molecule is CC(NC(=O)CCc1ccc(F)c(F)c1)c1ccc(N2CCOCC2)cc1. The fourth-order valence-electron chi connectivity index (χ4n) is 3.15. The number of halogens is 2. The topological polar surface area (TPSA) is 41.6 Å². The molecule has 1 atom stereocenters. The molecule has 2 aromatic rings. The van der Waals surface area contributed by atoms with E-state index in [0.717, 1.165) is 49.7 Å². The molecule has 6 heteroatoms. The van der Waals surface area contributed by atoms with E-state index in [4.69, 9.17) is 4.74 Å². The average Bonchev–Trinajstić information content (AvgIpc) is 2.69. The highest BCUT2D eigenvalue weighted by atomic mass is 19.2. The van der Waals surface area contributed by atoms with E-state index in [1.54, 1.807) is 0 Å². The molecule has 0 radical (unpaired) electrons. The molecule has 3 rings (SSSR count). The first-order valence-electron chi connectivity index (χ1n) is 9.19. The van der Waals surface area contributed by atoms with Crippen LogP contribution in [0.5, 0.6) is 0 Å². The number of aryl methyl sites for hydroxylation is 1. The van der Waals surface area contributed by atoms with Gasteiger partial charge in [0.05, 0.1) is 19.3 Å². The number of anilines is 1. The number of amides is 1. The maximum absolute atomic E-state index is 13.2. The van der Waals surface area contributed by atoms with Crippen molar-refractivity contribution in [3.63, 3.8) is 0 Å². The standard InChI is InChI=1S/C21H24F2N2O2/c1-15(17-4-6-18(7-5-17)25-10-12-27-13-11-25)24-21(26)9-3-16-2-8-19(22)20(23)14-16/h2,4-8,14-15H,3,9-13H2,1H3,(H,24,26). The molecule has 0 saturated carbocycles. The van der Waals surface area contributed by atoms with E-state index in [-0.39, 0.29) is 18.4 Å². The van der Waals surface area contributed by atoms with Crippen LogP contribution in [0.25, 0.3) is 0 Å². The molecule has 0 spiro atoms. The van der Waals surface area contributed by atoms with Crippen molar-refractivity contribution in [1.82, 2.24) is 5.32 Å². The summed E-state index contributed by atoms with van der Waals surface area (Å²) >= 11 is 0. The molecular weight excluding hydrogens is 350 g/mol. The van der Waals surface area contributed by atoms with Gasteiger partial charge in [0, 0.05) is 25.2 Å². The minimum Gasteiger partial charge on any atom is -0.378 e. The number of rotatable bonds is 6. The number of carbonyl (C=O) groups excluding carboxylic acids is 1. The van der Waals surface area contributed by atoms with Gasteiger partial charge in [0.25, 0.3) is 0 Å². The molecule has 1 heterocycles. The Bertz CT molecular complexity index is 774. The molecule has 4 nitrogen and oxygen atoms in total. The van der Waals surface area contributed by atoms with Crippen LogP contribution >= 0.6 is 0 Å².